The topological polar surface area (TPSA) is 46.3 Å². The first-order valence-corrected chi connectivity index (χ1v) is 4.17. The average Bonchev–Trinajstić information content (AvgIpc) is 1.98. The van der Waals surface area contributed by atoms with Crippen LogP contribution in [0.5, 0.6) is 0 Å². The van der Waals surface area contributed by atoms with Crippen molar-refractivity contribution in [2.24, 2.45) is 5.73 Å². The van der Waals surface area contributed by atoms with Crippen LogP contribution >= 0.6 is 0 Å². The summed E-state index contributed by atoms with van der Waals surface area (Å²) in [7, 11) is 0. The fourth-order valence-corrected chi connectivity index (χ4v) is 0.982. The Hall–Kier alpha value is -0.570. The second kappa shape index (κ2) is 5.13. The van der Waals surface area contributed by atoms with Crippen LogP contribution in [0.15, 0.2) is 0 Å². The molecule has 0 aromatic carbocycles. The van der Waals surface area contributed by atoms with Crippen LogP contribution in [0, 0.1) is 0 Å². The molecule has 1 atom stereocenters. The smallest absolute Gasteiger partial charge is 0.239 e. The molecule has 0 radical (unpaired) electrons. The minimum Gasteiger partial charge on any atom is -0.342 e. The SMILES string of the molecule is CCCN(CC)C(=O)[C@@H](C)N. The zero-order chi connectivity index (χ0) is 8.85. The van der Waals surface area contributed by atoms with Crippen molar-refractivity contribution in [2.45, 2.75) is 33.2 Å². The molecule has 66 valence electrons. The van der Waals surface area contributed by atoms with Gasteiger partial charge in [0.1, 0.15) is 0 Å². The predicted octanol–water partition coefficient (Wildman–Crippen LogP) is 0.592. The molecule has 0 aromatic rings. The molecule has 0 heterocycles. The molecular weight excluding hydrogens is 140 g/mol. The minimum absolute atomic E-state index is 0.0503. The molecule has 0 aliphatic carbocycles. The van der Waals surface area contributed by atoms with Gasteiger partial charge in [-0.25, -0.2) is 0 Å². The molecule has 0 rings (SSSR count). The lowest BCUT2D eigenvalue weighted by molar-refractivity contribution is -0.132. The molecule has 0 unspecified atom stereocenters. The zero-order valence-electron chi connectivity index (χ0n) is 7.63. The molecule has 0 aromatic heterocycles. The van der Waals surface area contributed by atoms with Crippen molar-refractivity contribution >= 4 is 5.91 Å². The van der Waals surface area contributed by atoms with Gasteiger partial charge in [0.2, 0.25) is 5.91 Å². The Kier molecular flexibility index (Phi) is 4.86. The van der Waals surface area contributed by atoms with E-state index in [9.17, 15) is 4.79 Å². The van der Waals surface area contributed by atoms with Crippen molar-refractivity contribution in [1.82, 2.24) is 4.90 Å². The molecule has 11 heavy (non-hydrogen) atoms. The fourth-order valence-electron chi connectivity index (χ4n) is 0.982. The van der Waals surface area contributed by atoms with E-state index in [0.29, 0.717) is 0 Å². The predicted molar refractivity (Wildman–Crippen MR) is 46.2 cm³/mol. The molecule has 0 saturated carbocycles. The Labute approximate surface area is 68.6 Å². The first-order valence-electron chi connectivity index (χ1n) is 4.17. The largest absolute Gasteiger partial charge is 0.342 e. The Morgan fingerprint density at radius 1 is 1.55 bits per heavy atom. The molecule has 0 aliphatic heterocycles. The lowest BCUT2D eigenvalue weighted by Crippen LogP contribution is -2.42. The Morgan fingerprint density at radius 2 is 2.09 bits per heavy atom. The third-order valence-corrected chi connectivity index (χ3v) is 1.58. The van der Waals surface area contributed by atoms with Gasteiger partial charge < -0.3 is 10.6 Å². The fraction of sp³-hybridized carbons (Fsp3) is 0.875. The quantitative estimate of drug-likeness (QED) is 0.651. The van der Waals surface area contributed by atoms with Crippen molar-refractivity contribution in [3.63, 3.8) is 0 Å². The molecule has 0 spiro atoms. The molecule has 3 heteroatoms. The first-order chi connectivity index (χ1) is 5.13. The Balaban J connectivity index is 3.92. The number of rotatable bonds is 4. The number of nitrogens with two attached hydrogens (primary N) is 1. The van der Waals surface area contributed by atoms with Crippen molar-refractivity contribution in [2.75, 3.05) is 13.1 Å². The molecule has 0 fully saturated rings. The van der Waals surface area contributed by atoms with E-state index in [1.165, 1.54) is 0 Å². The summed E-state index contributed by atoms with van der Waals surface area (Å²) in [4.78, 5) is 13.0. The summed E-state index contributed by atoms with van der Waals surface area (Å²) in [5, 5.41) is 0. The second-order valence-electron chi connectivity index (χ2n) is 2.71. The summed E-state index contributed by atoms with van der Waals surface area (Å²) in [6, 6.07) is -0.360. The third-order valence-electron chi connectivity index (χ3n) is 1.58. The number of carbonyl (C=O) groups excluding carboxylic acids is 1. The van der Waals surface area contributed by atoms with Crippen LogP contribution in [-0.2, 0) is 4.79 Å². The van der Waals surface area contributed by atoms with Gasteiger partial charge in [0.05, 0.1) is 6.04 Å². The van der Waals surface area contributed by atoms with E-state index < -0.39 is 0 Å². The van der Waals surface area contributed by atoms with Crippen LogP contribution in [0.3, 0.4) is 0 Å². The number of carbonyl (C=O) groups is 1. The van der Waals surface area contributed by atoms with Crippen molar-refractivity contribution in [3.8, 4) is 0 Å². The maximum absolute atomic E-state index is 11.3. The molecule has 0 saturated heterocycles. The number of hydrogen-bond donors (Lipinski definition) is 1. The summed E-state index contributed by atoms with van der Waals surface area (Å²) < 4.78 is 0. The lowest BCUT2D eigenvalue weighted by Gasteiger charge is -2.21. The highest BCUT2D eigenvalue weighted by Crippen LogP contribution is 1.94. The standard InChI is InChI=1S/C8H18N2O/c1-4-6-10(5-2)8(11)7(3)9/h7H,4-6,9H2,1-3H3/t7-/m1/s1. The molecule has 3 nitrogen and oxygen atoms in total. The van der Waals surface area contributed by atoms with Gasteiger partial charge in [-0.05, 0) is 20.3 Å². The van der Waals surface area contributed by atoms with E-state index in [0.717, 1.165) is 19.5 Å². The zero-order valence-corrected chi connectivity index (χ0v) is 7.63. The van der Waals surface area contributed by atoms with E-state index in [2.05, 4.69) is 6.92 Å². The highest BCUT2D eigenvalue weighted by atomic mass is 16.2. The van der Waals surface area contributed by atoms with Gasteiger partial charge in [0.15, 0.2) is 0 Å². The van der Waals surface area contributed by atoms with E-state index in [1.807, 2.05) is 6.92 Å². The molecule has 2 N–H and O–H groups in total. The van der Waals surface area contributed by atoms with Crippen molar-refractivity contribution < 1.29 is 4.79 Å². The molecule has 0 bridgehead atoms. The van der Waals surface area contributed by atoms with Gasteiger partial charge in [-0.3, -0.25) is 4.79 Å². The maximum atomic E-state index is 11.3. The molecule has 0 aliphatic rings. The Morgan fingerprint density at radius 3 is 2.36 bits per heavy atom. The summed E-state index contributed by atoms with van der Waals surface area (Å²) in [6.07, 6.45) is 0.992. The van der Waals surface area contributed by atoms with Crippen LogP contribution < -0.4 is 5.73 Å². The van der Waals surface area contributed by atoms with Crippen LogP contribution in [-0.4, -0.2) is 29.9 Å². The van der Waals surface area contributed by atoms with Gasteiger partial charge in [-0.15, -0.1) is 0 Å². The average molecular weight is 158 g/mol. The van der Waals surface area contributed by atoms with Crippen LogP contribution in [0.25, 0.3) is 0 Å². The van der Waals surface area contributed by atoms with Crippen LogP contribution in [0.1, 0.15) is 27.2 Å². The summed E-state index contributed by atoms with van der Waals surface area (Å²) in [5.74, 6) is 0.0503. The second-order valence-corrected chi connectivity index (χ2v) is 2.71. The number of likely N-dealkylation sites (N-methyl/N-ethyl adjacent to an activating group) is 1. The van der Waals surface area contributed by atoms with E-state index in [-0.39, 0.29) is 11.9 Å². The number of amides is 1. The minimum atomic E-state index is -0.360. The van der Waals surface area contributed by atoms with Gasteiger partial charge in [-0.1, -0.05) is 6.92 Å². The van der Waals surface area contributed by atoms with E-state index in [1.54, 1.807) is 11.8 Å². The van der Waals surface area contributed by atoms with Gasteiger partial charge in [0.25, 0.3) is 0 Å². The monoisotopic (exact) mass is 158 g/mol. The summed E-state index contributed by atoms with van der Waals surface area (Å²) >= 11 is 0. The van der Waals surface area contributed by atoms with Crippen molar-refractivity contribution in [3.05, 3.63) is 0 Å². The highest BCUT2D eigenvalue weighted by Gasteiger charge is 2.13. The molecule has 1 amide bonds. The lowest BCUT2D eigenvalue weighted by atomic mass is 10.3. The summed E-state index contributed by atoms with van der Waals surface area (Å²) in [6.45, 7) is 7.32. The first kappa shape index (κ1) is 10.4. The number of nitrogens with zero attached hydrogens (tertiary/aromatic N) is 1. The van der Waals surface area contributed by atoms with Crippen molar-refractivity contribution in [1.29, 1.82) is 0 Å². The third kappa shape index (κ3) is 3.37. The van der Waals surface area contributed by atoms with Crippen LogP contribution in [0.2, 0.25) is 0 Å². The van der Waals surface area contributed by atoms with Gasteiger partial charge in [0, 0.05) is 13.1 Å². The highest BCUT2D eigenvalue weighted by molar-refractivity contribution is 5.81. The maximum Gasteiger partial charge on any atom is 0.239 e. The van der Waals surface area contributed by atoms with E-state index in [4.69, 9.17) is 5.73 Å². The Bertz CT molecular complexity index is 123. The summed E-state index contributed by atoms with van der Waals surface area (Å²) in [5.41, 5.74) is 5.45. The van der Waals surface area contributed by atoms with E-state index >= 15 is 0 Å². The molecular formula is C8H18N2O. The van der Waals surface area contributed by atoms with Gasteiger partial charge in [-0.2, -0.15) is 0 Å². The van der Waals surface area contributed by atoms with Gasteiger partial charge >= 0.3 is 0 Å². The number of hydrogen-bond acceptors (Lipinski definition) is 2. The normalized spacial score (nSPS) is 12.7. The van der Waals surface area contributed by atoms with Crippen LogP contribution in [0.4, 0.5) is 0 Å².